The fourth-order valence-corrected chi connectivity index (χ4v) is 6.63. The van der Waals surface area contributed by atoms with Gasteiger partial charge in [-0.3, -0.25) is 33.8 Å². The Labute approximate surface area is 287 Å². The lowest BCUT2D eigenvalue weighted by Gasteiger charge is -2.32. The minimum atomic E-state index is -1.45. The molecule has 6 atom stereocenters. The largest absolute Gasteiger partial charge is 0.381 e. The average molecular weight is 685 g/mol. The first kappa shape index (κ1) is 37.7. The molecule has 4 rings (SSSR count). The third-order valence-corrected chi connectivity index (χ3v) is 9.66. The molecule has 2 saturated carbocycles. The van der Waals surface area contributed by atoms with E-state index in [9.17, 15) is 33.9 Å². The lowest BCUT2D eigenvalue weighted by molar-refractivity contribution is -0.134. The van der Waals surface area contributed by atoms with Gasteiger partial charge in [0.25, 0.3) is 11.8 Å². The van der Waals surface area contributed by atoms with Crippen molar-refractivity contribution in [3.05, 3.63) is 24.3 Å². The SMILES string of the molecule is CCCC(NC(=O)[C@@H]1CN(C(C)=O)C[C@@H]1NC(=O)[C@@H](NC(=O)[C@@H](NC(=O)c1cnccn1)C1CCCCC1)C(C)C)C(O)C(=O)NC1CC1. The number of amides is 6. The predicted molar refractivity (Wildman–Crippen MR) is 178 cm³/mol. The fourth-order valence-electron chi connectivity index (χ4n) is 6.63. The molecule has 0 bridgehead atoms. The van der Waals surface area contributed by atoms with Crippen LogP contribution in [0.1, 0.15) is 96.0 Å². The molecule has 0 aromatic carbocycles. The van der Waals surface area contributed by atoms with Gasteiger partial charge in [-0.1, -0.05) is 46.5 Å². The average Bonchev–Trinajstić information content (AvgIpc) is 3.80. The molecule has 0 radical (unpaired) electrons. The van der Waals surface area contributed by atoms with Crippen molar-refractivity contribution in [2.75, 3.05) is 13.1 Å². The zero-order chi connectivity index (χ0) is 35.7. The van der Waals surface area contributed by atoms with Crippen LogP contribution in [0.4, 0.5) is 0 Å². The summed E-state index contributed by atoms with van der Waals surface area (Å²) in [5.41, 5.74) is 0.0760. The highest BCUT2D eigenvalue weighted by molar-refractivity contribution is 5.97. The van der Waals surface area contributed by atoms with Crippen LogP contribution in [0, 0.1) is 17.8 Å². The summed E-state index contributed by atoms with van der Waals surface area (Å²) in [4.78, 5) is 88.8. The molecule has 3 aliphatic rings. The standard InChI is InChI=1S/C34H52N8O7/c1-5-9-24(29(44)34(49)37-22-12-13-22)38-30(45)23-17-42(20(4)43)18-26(23)39-32(47)27(19(2)3)40-33(48)28(21-10-7-6-8-11-21)41-31(46)25-16-35-14-15-36-25/h14-16,19,21-24,26-29,44H,5-13,17-18H2,1-4H3,(H,37,49)(H,38,45)(H,39,47)(H,40,48)(H,41,46)/t23-,24?,26+,27+,28+,29?/m1/s1. The van der Waals surface area contributed by atoms with Crippen LogP contribution in [0.5, 0.6) is 0 Å². The summed E-state index contributed by atoms with van der Waals surface area (Å²) in [6, 6.07) is -3.51. The monoisotopic (exact) mass is 684 g/mol. The molecule has 1 aliphatic heterocycles. The van der Waals surface area contributed by atoms with Gasteiger partial charge in [0.1, 0.15) is 17.8 Å². The quantitative estimate of drug-likeness (QED) is 0.149. The van der Waals surface area contributed by atoms with Crippen LogP contribution >= 0.6 is 0 Å². The number of nitrogens with one attached hydrogen (secondary N) is 5. The van der Waals surface area contributed by atoms with Gasteiger partial charge in [-0.2, -0.15) is 0 Å². The Morgan fingerprint density at radius 3 is 2.20 bits per heavy atom. The van der Waals surface area contributed by atoms with Crippen LogP contribution in [0.15, 0.2) is 18.6 Å². The van der Waals surface area contributed by atoms with E-state index in [0.29, 0.717) is 12.8 Å². The number of nitrogens with zero attached hydrogens (tertiary/aromatic N) is 3. The number of rotatable bonds is 15. The van der Waals surface area contributed by atoms with E-state index in [1.807, 2.05) is 6.92 Å². The molecule has 1 saturated heterocycles. The maximum absolute atomic E-state index is 13.8. The summed E-state index contributed by atoms with van der Waals surface area (Å²) >= 11 is 0. The summed E-state index contributed by atoms with van der Waals surface area (Å²) in [6.45, 7) is 6.92. The first-order valence-electron chi connectivity index (χ1n) is 17.6. The van der Waals surface area contributed by atoms with Crippen LogP contribution in [-0.2, 0) is 24.0 Å². The first-order chi connectivity index (χ1) is 23.4. The topological polar surface area (TPSA) is 212 Å². The third kappa shape index (κ3) is 10.4. The lowest BCUT2D eigenvalue weighted by atomic mass is 9.83. The molecular weight excluding hydrogens is 632 g/mol. The molecule has 1 aromatic rings. The van der Waals surface area contributed by atoms with Gasteiger partial charge in [-0.05, 0) is 43.9 Å². The van der Waals surface area contributed by atoms with Crippen LogP contribution < -0.4 is 26.6 Å². The second-order valence-corrected chi connectivity index (χ2v) is 13.9. The van der Waals surface area contributed by atoms with Crippen molar-refractivity contribution in [1.82, 2.24) is 41.5 Å². The summed E-state index contributed by atoms with van der Waals surface area (Å²) in [5.74, 6) is -4.24. The summed E-state index contributed by atoms with van der Waals surface area (Å²) in [6.07, 6.45) is 9.73. The van der Waals surface area contributed by atoms with Crippen molar-refractivity contribution >= 4 is 35.4 Å². The van der Waals surface area contributed by atoms with E-state index in [-0.39, 0.29) is 42.6 Å². The zero-order valence-electron chi connectivity index (χ0n) is 28.9. The van der Waals surface area contributed by atoms with Crippen molar-refractivity contribution < 1.29 is 33.9 Å². The van der Waals surface area contributed by atoms with Gasteiger partial charge in [0.15, 0.2) is 6.10 Å². The molecule has 2 aliphatic carbocycles. The summed E-state index contributed by atoms with van der Waals surface area (Å²) in [7, 11) is 0. The highest BCUT2D eigenvalue weighted by atomic mass is 16.3. The molecule has 1 aromatic heterocycles. The van der Waals surface area contributed by atoms with E-state index < -0.39 is 65.7 Å². The van der Waals surface area contributed by atoms with Crippen molar-refractivity contribution in [2.24, 2.45) is 17.8 Å². The molecule has 2 heterocycles. The number of aliphatic hydroxyl groups is 1. The summed E-state index contributed by atoms with van der Waals surface area (Å²) in [5, 5.41) is 24.9. The maximum Gasteiger partial charge on any atom is 0.272 e. The molecule has 270 valence electrons. The Morgan fingerprint density at radius 2 is 1.61 bits per heavy atom. The molecule has 2 unspecified atom stereocenters. The minimum Gasteiger partial charge on any atom is -0.381 e. The maximum atomic E-state index is 13.8. The second-order valence-electron chi connectivity index (χ2n) is 13.9. The van der Waals surface area contributed by atoms with Gasteiger partial charge in [0.2, 0.25) is 23.6 Å². The number of hydrogen-bond acceptors (Lipinski definition) is 9. The highest BCUT2D eigenvalue weighted by Gasteiger charge is 2.43. The van der Waals surface area contributed by atoms with Gasteiger partial charge < -0.3 is 36.6 Å². The van der Waals surface area contributed by atoms with E-state index in [1.54, 1.807) is 13.8 Å². The normalized spacial score (nSPS) is 22.0. The number of aromatic nitrogens is 2. The van der Waals surface area contributed by atoms with Gasteiger partial charge in [-0.25, -0.2) is 4.98 Å². The molecule has 6 amide bonds. The van der Waals surface area contributed by atoms with E-state index >= 15 is 0 Å². The number of carbonyl (C=O) groups is 6. The van der Waals surface area contributed by atoms with Crippen LogP contribution in [0.25, 0.3) is 0 Å². The predicted octanol–water partition coefficient (Wildman–Crippen LogP) is 0.184. The van der Waals surface area contributed by atoms with Crippen molar-refractivity contribution in [3.8, 4) is 0 Å². The highest BCUT2D eigenvalue weighted by Crippen LogP contribution is 2.27. The van der Waals surface area contributed by atoms with Crippen LogP contribution in [0.3, 0.4) is 0 Å². The van der Waals surface area contributed by atoms with E-state index in [1.165, 1.54) is 30.4 Å². The van der Waals surface area contributed by atoms with Crippen molar-refractivity contribution in [2.45, 2.75) is 122 Å². The van der Waals surface area contributed by atoms with Crippen molar-refractivity contribution in [1.29, 1.82) is 0 Å². The van der Waals surface area contributed by atoms with E-state index in [4.69, 9.17) is 0 Å². The Bertz CT molecular complexity index is 1330. The minimum absolute atomic E-state index is 0.0339. The van der Waals surface area contributed by atoms with Crippen LogP contribution in [0.2, 0.25) is 0 Å². The smallest absolute Gasteiger partial charge is 0.272 e. The number of hydrogen-bond donors (Lipinski definition) is 6. The van der Waals surface area contributed by atoms with Gasteiger partial charge in [0, 0.05) is 38.4 Å². The van der Waals surface area contributed by atoms with Crippen molar-refractivity contribution in [3.63, 3.8) is 0 Å². The Kier molecular flexibility index (Phi) is 13.5. The van der Waals surface area contributed by atoms with E-state index in [0.717, 1.165) is 44.9 Å². The number of likely N-dealkylation sites (tertiary alicyclic amines) is 1. The van der Waals surface area contributed by atoms with Gasteiger partial charge in [0.05, 0.1) is 24.2 Å². The number of carbonyl (C=O) groups excluding carboxylic acids is 6. The second kappa shape index (κ2) is 17.5. The molecule has 3 fully saturated rings. The van der Waals surface area contributed by atoms with E-state index in [2.05, 4.69) is 36.6 Å². The van der Waals surface area contributed by atoms with Crippen LogP contribution in [-0.4, -0.2) is 105 Å². The molecule has 6 N–H and O–H groups in total. The molecular formula is C34H52N8O7. The molecule has 15 heteroatoms. The zero-order valence-corrected chi connectivity index (χ0v) is 28.9. The fraction of sp³-hybridized carbons (Fsp3) is 0.706. The molecule has 49 heavy (non-hydrogen) atoms. The van der Waals surface area contributed by atoms with Gasteiger partial charge in [-0.15, -0.1) is 0 Å². The first-order valence-corrected chi connectivity index (χ1v) is 17.6. The third-order valence-electron chi connectivity index (χ3n) is 9.66. The van der Waals surface area contributed by atoms with Gasteiger partial charge >= 0.3 is 0 Å². The Balaban J connectivity index is 1.46. The number of aliphatic hydroxyl groups excluding tert-OH is 1. The lowest BCUT2D eigenvalue weighted by Crippen LogP contribution is -2.60. The Morgan fingerprint density at radius 1 is 0.898 bits per heavy atom. The molecule has 0 spiro atoms. The molecule has 15 nitrogen and oxygen atoms in total. The Hall–Kier alpha value is -4.14. The summed E-state index contributed by atoms with van der Waals surface area (Å²) < 4.78 is 0.